The molecule has 6 heteroatoms. The lowest BCUT2D eigenvalue weighted by Crippen LogP contribution is -2.24. The molecule has 4 aromatic rings. The van der Waals surface area contributed by atoms with E-state index >= 15 is 0 Å². The maximum absolute atomic E-state index is 12.8. The second-order valence-electron chi connectivity index (χ2n) is 8.29. The maximum Gasteiger partial charge on any atom is 0.251 e. The lowest BCUT2D eigenvalue weighted by Gasteiger charge is -2.15. The van der Waals surface area contributed by atoms with E-state index in [2.05, 4.69) is 17.4 Å². The van der Waals surface area contributed by atoms with Crippen LogP contribution in [0.2, 0.25) is 0 Å². The minimum Gasteiger partial charge on any atom is -0.355 e. The average Bonchev–Trinajstić information content (AvgIpc) is 3.30. The van der Waals surface area contributed by atoms with E-state index in [0.717, 1.165) is 27.9 Å². The third-order valence-electron chi connectivity index (χ3n) is 5.67. The van der Waals surface area contributed by atoms with Crippen LogP contribution in [0.1, 0.15) is 27.0 Å². The number of amides is 2. The van der Waals surface area contributed by atoms with Crippen LogP contribution in [0.5, 0.6) is 0 Å². The van der Waals surface area contributed by atoms with Crippen LogP contribution in [0.3, 0.4) is 0 Å². The van der Waals surface area contributed by atoms with Crippen LogP contribution >= 0.6 is 0 Å². The van der Waals surface area contributed by atoms with E-state index in [1.807, 2.05) is 77.6 Å². The van der Waals surface area contributed by atoms with Gasteiger partial charge in [-0.1, -0.05) is 72.8 Å². The summed E-state index contributed by atoms with van der Waals surface area (Å²) in [6.45, 7) is 1.09. The van der Waals surface area contributed by atoms with Gasteiger partial charge in [0.15, 0.2) is 0 Å². The molecule has 0 bridgehead atoms. The number of likely N-dealkylation sites (N-methyl/N-ethyl adjacent to an activating group) is 1. The van der Waals surface area contributed by atoms with Crippen molar-refractivity contribution in [1.29, 1.82) is 0 Å². The van der Waals surface area contributed by atoms with Crippen molar-refractivity contribution in [3.63, 3.8) is 0 Å². The molecule has 0 radical (unpaired) electrons. The third-order valence-corrected chi connectivity index (χ3v) is 5.67. The topological polar surface area (TPSA) is 67.2 Å². The van der Waals surface area contributed by atoms with Gasteiger partial charge in [-0.3, -0.25) is 14.3 Å². The highest BCUT2D eigenvalue weighted by Gasteiger charge is 2.12. The summed E-state index contributed by atoms with van der Waals surface area (Å²) in [6, 6.07) is 27.4. The number of nitrogens with one attached hydrogen (secondary N) is 1. The fourth-order valence-electron chi connectivity index (χ4n) is 3.78. The van der Waals surface area contributed by atoms with Crippen molar-refractivity contribution in [2.45, 2.75) is 13.1 Å². The van der Waals surface area contributed by atoms with Gasteiger partial charge in [0.05, 0.1) is 12.2 Å². The summed E-state index contributed by atoms with van der Waals surface area (Å²) in [5.41, 5.74) is 5.40. The van der Waals surface area contributed by atoms with E-state index in [4.69, 9.17) is 5.10 Å². The Labute approximate surface area is 205 Å². The van der Waals surface area contributed by atoms with Crippen molar-refractivity contribution in [3.05, 3.63) is 119 Å². The van der Waals surface area contributed by atoms with Crippen molar-refractivity contribution < 1.29 is 9.59 Å². The van der Waals surface area contributed by atoms with E-state index in [-0.39, 0.29) is 11.8 Å². The van der Waals surface area contributed by atoms with Gasteiger partial charge in [0.25, 0.3) is 5.91 Å². The Morgan fingerprint density at radius 1 is 0.914 bits per heavy atom. The number of carbonyl (C=O) groups is 2. The first-order valence-corrected chi connectivity index (χ1v) is 11.4. The molecule has 4 rings (SSSR count). The van der Waals surface area contributed by atoms with Gasteiger partial charge in [-0.15, -0.1) is 0 Å². The Kier molecular flexibility index (Phi) is 7.53. The van der Waals surface area contributed by atoms with Crippen molar-refractivity contribution in [2.24, 2.45) is 0 Å². The number of aromatic nitrogens is 2. The standard InChI is InChI=1S/C29H28N4O2/c1-30-29(35)25-15-13-23(14-16-25)19-32(2)27(34)18-17-26-21-33(20-22-9-5-3-6-10-22)31-28(26)24-11-7-4-8-12-24/h3-18,21H,19-20H2,1-2H3,(H,30,35)/b18-17+. The predicted molar refractivity (Wildman–Crippen MR) is 139 cm³/mol. The molecular formula is C29H28N4O2. The summed E-state index contributed by atoms with van der Waals surface area (Å²) in [5, 5.41) is 7.41. The zero-order valence-electron chi connectivity index (χ0n) is 19.9. The Bertz CT molecular complexity index is 1310. The Hall–Kier alpha value is -4.45. The highest BCUT2D eigenvalue weighted by molar-refractivity contribution is 5.94. The molecule has 1 N–H and O–H groups in total. The molecule has 0 fully saturated rings. The summed E-state index contributed by atoms with van der Waals surface area (Å²) < 4.78 is 1.90. The van der Waals surface area contributed by atoms with Crippen LogP contribution in [0.25, 0.3) is 17.3 Å². The zero-order valence-corrected chi connectivity index (χ0v) is 19.9. The molecule has 6 nitrogen and oxygen atoms in total. The van der Waals surface area contributed by atoms with Gasteiger partial charge in [-0.25, -0.2) is 0 Å². The zero-order chi connectivity index (χ0) is 24.6. The molecule has 0 atom stereocenters. The van der Waals surface area contributed by atoms with Crippen LogP contribution in [-0.4, -0.2) is 40.6 Å². The minimum atomic E-state index is -0.133. The third kappa shape index (κ3) is 6.12. The largest absolute Gasteiger partial charge is 0.355 e. The van der Waals surface area contributed by atoms with E-state index in [1.165, 1.54) is 0 Å². The molecule has 176 valence electrons. The number of rotatable bonds is 8. The highest BCUT2D eigenvalue weighted by atomic mass is 16.2. The maximum atomic E-state index is 12.8. The van der Waals surface area contributed by atoms with E-state index in [0.29, 0.717) is 18.7 Å². The second kappa shape index (κ2) is 11.1. The lowest BCUT2D eigenvalue weighted by molar-refractivity contribution is -0.125. The molecule has 0 aliphatic rings. The predicted octanol–water partition coefficient (Wildman–Crippen LogP) is 4.63. The van der Waals surface area contributed by atoms with Crippen molar-refractivity contribution in [2.75, 3.05) is 14.1 Å². The van der Waals surface area contributed by atoms with Gasteiger partial charge in [0.1, 0.15) is 0 Å². The Balaban J connectivity index is 1.50. The fraction of sp³-hybridized carbons (Fsp3) is 0.138. The molecule has 2 amide bonds. The first-order chi connectivity index (χ1) is 17.0. The van der Waals surface area contributed by atoms with Crippen LogP contribution < -0.4 is 5.32 Å². The fourth-order valence-corrected chi connectivity index (χ4v) is 3.78. The second-order valence-corrected chi connectivity index (χ2v) is 8.29. The quantitative estimate of drug-likeness (QED) is 0.387. The van der Waals surface area contributed by atoms with Crippen LogP contribution in [0.4, 0.5) is 0 Å². The number of carbonyl (C=O) groups excluding carboxylic acids is 2. The van der Waals surface area contributed by atoms with Crippen molar-refractivity contribution in [3.8, 4) is 11.3 Å². The molecule has 0 saturated carbocycles. The van der Waals surface area contributed by atoms with Gasteiger partial charge < -0.3 is 10.2 Å². The highest BCUT2D eigenvalue weighted by Crippen LogP contribution is 2.23. The first kappa shape index (κ1) is 23.7. The normalized spacial score (nSPS) is 10.9. The summed E-state index contributed by atoms with van der Waals surface area (Å²) in [7, 11) is 3.36. The molecule has 0 aliphatic carbocycles. The Morgan fingerprint density at radius 2 is 1.57 bits per heavy atom. The first-order valence-electron chi connectivity index (χ1n) is 11.4. The molecule has 0 unspecified atom stereocenters. The average molecular weight is 465 g/mol. The summed E-state index contributed by atoms with van der Waals surface area (Å²) in [5.74, 6) is -0.249. The summed E-state index contributed by atoms with van der Waals surface area (Å²) >= 11 is 0. The number of hydrogen-bond donors (Lipinski definition) is 1. The Morgan fingerprint density at radius 3 is 2.23 bits per heavy atom. The van der Waals surface area contributed by atoms with Crippen molar-refractivity contribution >= 4 is 17.9 Å². The van der Waals surface area contributed by atoms with Gasteiger partial charge >= 0.3 is 0 Å². The van der Waals surface area contributed by atoms with Gasteiger partial charge in [0.2, 0.25) is 5.91 Å². The van der Waals surface area contributed by atoms with E-state index in [1.54, 1.807) is 37.2 Å². The van der Waals surface area contributed by atoms with Crippen LogP contribution in [0.15, 0.2) is 97.2 Å². The molecule has 0 aliphatic heterocycles. The van der Waals surface area contributed by atoms with Gasteiger partial charge in [-0.05, 0) is 29.3 Å². The van der Waals surface area contributed by atoms with E-state index < -0.39 is 0 Å². The van der Waals surface area contributed by atoms with Gasteiger partial charge in [0, 0.05) is 49.6 Å². The van der Waals surface area contributed by atoms with Crippen LogP contribution in [-0.2, 0) is 17.9 Å². The molecule has 0 spiro atoms. The van der Waals surface area contributed by atoms with E-state index in [9.17, 15) is 9.59 Å². The summed E-state index contributed by atoms with van der Waals surface area (Å²) in [4.78, 5) is 26.2. The monoisotopic (exact) mass is 464 g/mol. The van der Waals surface area contributed by atoms with Gasteiger partial charge in [-0.2, -0.15) is 5.10 Å². The smallest absolute Gasteiger partial charge is 0.251 e. The molecule has 1 heterocycles. The SMILES string of the molecule is CNC(=O)c1ccc(CN(C)C(=O)/C=C/c2cn(Cc3ccccc3)nc2-c2ccccc2)cc1. The van der Waals surface area contributed by atoms with Crippen molar-refractivity contribution in [1.82, 2.24) is 20.0 Å². The molecule has 0 saturated heterocycles. The summed E-state index contributed by atoms with van der Waals surface area (Å²) in [6.07, 6.45) is 5.37. The molecule has 35 heavy (non-hydrogen) atoms. The molecule has 3 aromatic carbocycles. The molecular weight excluding hydrogens is 436 g/mol. The molecule has 1 aromatic heterocycles. The minimum absolute atomic E-state index is 0.116. The number of benzene rings is 3. The lowest BCUT2D eigenvalue weighted by atomic mass is 10.1. The van der Waals surface area contributed by atoms with Crippen LogP contribution in [0, 0.1) is 0 Å². The number of hydrogen-bond acceptors (Lipinski definition) is 3. The number of nitrogens with zero attached hydrogens (tertiary/aromatic N) is 3.